The van der Waals surface area contributed by atoms with E-state index in [0.29, 0.717) is 0 Å². The van der Waals surface area contributed by atoms with Crippen LogP contribution in [-0.4, -0.2) is 40.6 Å². The summed E-state index contributed by atoms with van der Waals surface area (Å²) in [5, 5.41) is 10.7. The van der Waals surface area contributed by atoms with E-state index in [4.69, 9.17) is 0 Å². The van der Waals surface area contributed by atoms with Crippen LogP contribution in [0.4, 0.5) is 0 Å². The van der Waals surface area contributed by atoms with Gasteiger partial charge in [-0.15, -0.1) is 0 Å². The molecule has 86 valence electrons. The van der Waals surface area contributed by atoms with Crippen LogP contribution in [0.25, 0.3) is 10.9 Å². The highest BCUT2D eigenvalue weighted by atomic mass is 16.3. The van der Waals surface area contributed by atoms with Crippen molar-refractivity contribution in [3.63, 3.8) is 0 Å². The Kier molecular flexibility index (Phi) is 2.83. The summed E-state index contributed by atoms with van der Waals surface area (Å²) in [5.41, 5.74) is 3.00. The molecule has 0 spiro atoms. The fourth-order valence-electron chi connectivity index (χ4n) is 1.87. The van der Waals surface area contributed by atoms with Crippen LogP contribution in [0, 0.1) is 6.92 Å². The summed E-state index contributed by atoms with van der Waals surface area (Å²) in [6.07, 6.45) is 4.40. The topological polar surface area (TPSA) is 52.2 Å². The minimum Gasteiger partial charge on any atom is -0.506 e. The molecule has 2 aromatic rings. The Bertz CT molecular complexity index is 502. The number of aryl methyl sites for hydroxylation is 1. The minimum atomic E-state index is 0.260. The largest absolute Gasteiger partial charge is 0.506 e. The van der Waals surface area contributed by atoms with E-state index in [0.717, 1.165) is 35.1 Å². The zero-order valence-corrected chi connectivity index (χ0v) is 9.91. The molecule has 0 radical (unpaired) electrons. The number of aromatic amines is 1. The van der Waals surface area contributed by atoms with Crippen LogP contribution in [0.15, 0.2) is 12.4 Å². The zero-order chi connectivity index (χ0) is 11.7. The van der Waals surface area contributed by atoms with Gasteiger partial charge >= 0.3 is 0 Å². The highest BCUT2D eigenvalue weighted by Crippen LogP contribution is 2.28. The van der Waals surface area contributed by atoms with Gasteiger partial charge in [-0.1, -0.05) is 0 Å². The van der Waals surface area contributed by atoms with E-state index in [1.54, 1.807) is 0 Å². The summed E-state index contributed by atoms with van der Waals surface area (Å²) < 4.78 is 0. The number of fused-ring (bicyclic) bond motifs is 1. The molecular weight excluding hydrogens is 202 g/mol. The first-order chi connectivity index (χ1) is 7.59. The molecule has 4 nitrogen and oxygen atoms in total. The highest BCUT2D eigenvalue weighted by Gasteiger charge is 2.10. The Labute approximate surface area is 94.9 Å². The van der Waals surface area contributed by atoms with Crippen molar-refractivity contribution in [2.24, 2.45) is 0 Å². The number of pyridine rings is 1. The van der Waals surface area contributed by atoms with Gasteiger partial charge in [0.2, 0.25) is 0 Å². The molecule has 0 atom stereocenters. The third kappa shape index (κ3) is 1.88. The first-order valence-electron chi connectivity index (χ1n) is 5.39. The maximum atomic E-state index is 9.83. The van der Waals surface area contributed by atoms with Crippen molar-refractivity contribution in [2.75, 3.05) is 20.6 Å². The van der Waals surface area contributed by atoms with E-state index in [1.165, 1.54) is 6.20 Å². The average molecular weight is 219 g/mol. The standard InChI is InChI=1S/C12H17N3O/c1-8-12-11(10(16)7-13-8)9(6-14-12)4-5-15(2)3/h6-7,14,16H,4-5H2,1-3H3. The van der Waals surface area contributed by atoms with Gasteiger partial charge in [0.25, 0.3) is 0 Å². The van der Waals surface area contributed by atoms with Crippen molar-refractivity contribution in [3.05, 3.63) is 23.7 Å². The van der Waals surface area contributed by atoms with Gasteiger partial charge in [0.05, 0.1) is 17.4 Å². The van der Waals surface area contributed by atoms with Crippen LogP contribution in [0.2, 0.25) is 0 Å². The summed E-state index contributed by atoms with van der Waals surface area (Å²) in [5.74, 6) is 0.260. The lowest BCUT2D eigenvalue weighted by Crippen LogP contribution is -2.14. The molecule has 0 amide bonds. The number of nitrogens with zero attached hydrogens (tertiary/aromatic N) is 2. The predicted octanol–water partition coefficient (Wildman–Crippen LogP) is 1.68. The maximum Gasteiger partial charge on any atom is 0.143 e. The van der Waals surface area contributed by atoms with E-state index < -0.39 is 0 Å². The monoisotopic (exact) mass is 219 g/mol. The first-order valence-corrected chi connectivity index (χ1v) is 5.39. The van der Waals surface area contributed by atoms with E-state index >= 15 is 0 Å². The van der Waals surface area contributed by atoms with Gasteiger partial charge in [-0.25, -0.2) is 0 Å². The first kappa shape index (κ1) is 11.0. The summed E-state index contributed by atoms with van der Waals surface area (Å²) in [6.45, 7) is 2.90. The quantitative estimate of drug-likeness (QED) is 0.825. The van der Waals surface area contributed by atoms with Gasteiger partial charge in [-0.3, -0.25) is 4.98 Å². The average Bonchev–Trinajstić information content (AvgIpc) is 2.65. The molecule has 2 rings (SSSR count). The van der Waals surface area contributed by atoms with Crippen molar-refractivity contribution in [3.8, 4) is 5.75 Å². The summed E-state index contributed by atoms with van der Waals surface area (Å²) >= 11 is 0. The van der Waals surface area contributed by atoms with Gasteiger partial charge in [0.15, 0.2) is 0 Å². The second-order valence-corrected chi connectivity index (χ2v) is 4.35. The smallest absolute Gasteiger partial charge is 0.143 e. The van der Waals surface area contributed by atoms with Gasteiger partial charge in [-0.2, -0.15) is 0 Å². The van der Waals surface area contributed by atoms with Crippen LogP contribution in [0.3, 0.4) is 0 Å². The molecule has 2 heterocycles. The molecule has 0 aliphatic heterocycles. The van der Waals surface area contributed by atoms with Gasteiger partial charge in [0, 0.05) is 18.1 Å². The third-order valence-corrected chi connectivity index (χ3v) is 2.79. The van der Waals surface area contributed by atoms with Crippen molar-refractivity contribution in [2.45, 2.75) is 13.3 Å². The lowest BCUT2D eigenvalue weighted by atomic mass is 10.1. The number of rotatable bonds is 3. The summed E-state index contributed by atoms with van der Waals surface area (Å²) in [6, 6.07) is 0. The molecule has 0 saturated heterocycles. The number of nitrogens with one attached hydrogen (secondary N) is 1. The molecular formula is C12H17N3O. The fraction of sp³-hybridized carbons (Fsp3) is 0.417. The van der Waals surface area contributed by atoms with Crippen LogP contribution >= 0.6 is 0 Å². The second-order valence-electron chi connectivity index (χ2n) is 4.35. The molecule has 0 saturated carbocycles. The maximum absolute atomic E-state index is 9.83. The zero-order valence-electron chi connectivity index (χ0n) is 9.91. The molecule has 0 bridgehead atoms. The van der Waals surface area contributed by atoms with Gasteiger partial charge < -0.3 is 15.0 Å². The molecule has 0 aliphatic carbocycles. The van der Waals surface area contributed by atoms with Gasteiger partial charge in [0.1, 0.15) is 5.75 Å². The molecule has 0 aromatic carbocycles. The van der Waals surface area contributed by atoms with Crippen LogP contribution < -0.4 is 0 Å². The van der Waals surface area contributed by atoms with Crippen LogP contribution in [0.5, 0.6) is 5.75 Å². The molecule has 0 fully saturated rings. The van der Waals surface area contributed by atoms with Gasteiger partial charge in [-0.05, 0) is 33.0 Å². The number of H-pyrrole nitrogens is 1. The SMILES string of the molecule is Cc1ncc(O)c2c(CCN(C)C)c[nH]c12. The minimum absolute atomic E-state index is 0.260. The number of hydrogen-bond acceptors (Lipinski definition) is 3. The van der Waals surface area contributed by atoms with E-state index in [9.17, 15) is 5.11 Å². The van der Waals surface area contributed by atoms with Crippen molar-refractivity contribution in [1.82, 2.24) is 14.9 Å². The molecule has 0 aliphatic rings. The Balaban J connectivity index is 2.43. The van der Waals surface area contributed by atoms with Crippen LogP contribution in [0.1, 0.15) is 11.3 Å². The number of likely N-dealkylation sites (N-methyl/N-ethyl adjacent to an activating group) is 1. The summed E-state index contributed by atoms with van der Waals surface area (Å²) in [4.78, 5) is 9.43. The Morgan fingerprint density at radius 3 is 2.88 bits per heavy atom. The Morgan fingerprint density at radius 1 is 1.44 bits per heavy atom. The summed E-state index contributed by atoms with van der Waals surface area (Å²) in [7, 11) is 4.09. The normalized spacial score (nSPS) is 11.5. The molecule has 2 N–H and O–H groups in total. The molecule has 4 heteroatoms. The number of aromatic nitrogens is 2. The Hall–Kier alpha value is -1.55. The van der Waals surface area contributed by atoms with Crippen molar-refractivity contribution < 1.29 is 5.11 Å². The lowest BCUT2D eigenvalue weighted by Gasteiger charge is -2.08. The van der Waals surface area contributed by atoms with Crippen LogP contribution in [-0.2, 0) is 6.42 Å². The molecule has 16 heavy (non-hydrogen) atoms. The van der Waals surface area contributed by atoms with E-state index in [1.807, 2.05) is 27.2 Å². The van der Waals surface area contributed by atoms with Crippen molar-refractivity contribution >= 4 is 10.9 Å². The van der Waals surface area contributed by atoms with Crippen molar-refractivity contribution in [1.29, 1.82) is 0 Å². The predicted molar refractivity (Wildman–Crippen MR) is 64.8 cm³/mol. The highest BCUT2D eigenvalue weighted by molar-refractivity contribution is 5.90. The van der Waals surface area contributed by atoms with E-state index in [2.05, 4.69) is 14.9 Å². The third-order valence-electron chi connectivity index (χ3n) is 2.79. The fourth-order valence-corrected chi connectivity index (χ4v) is 1.87. The lowest BCUT2D eigenvalue weighted by molar-refractivity contribution is 0.414. The second kappa shape index (κ2) is 4.14. The number of hydrogen-bond donors (Lipinski definition) is 2. The molecule has 0 unspecified atom stereocenters. The number of aromatic hydroxyl groups is 1. The van der Waals surface area contributed by atoms with E-state index in [-0.39, 0.29) is 5.75 Å². The Morgan fingerprint density at radius 2 is 2.19 bits per heavy atom. The molecule has 2 aromatic heterocycles.